The Morgan fingerprint density at radius 2 is 2.05 bits per heavy atom. The normalized spacial score (nSPS) is 12.4. The van der Waals surface area contributed by atoms with Crippen molar-refractivity contribution in [2.45, 2.75) is 32.8 Å². The maximum atomic E-state index is 10.3. The van der Waals surface area contributed by atoms with E-state index in [0.29, 0.717) is 6.42 Å². The van der Waals surface area contributed by atoms with Crippen LogP contribution in [0.25, 0.3) is 0 Å². The number of aliphatic hydroxyl groups is 1. The second-order valence-electron chi connectivity index (χ2n) is 4.76. The zero-order valence-corrected chi connectivity index (χ0v) is 12.8. The molecule has 2 aromatic rings. The molecule has 0 amide bonds. The van der Waals surface area contributed by atoms with Gasteiger partial charge < -0.3 is 5.11 Å². The van der Waals surface area contributed by atoms with Gasteiger partial charge in [0.15, 0.2) is 0 Å². The van der Waals surface area contributed by atoms with Crippen molar-refractivity contribution in [3.05, 3.63) is 63.4 Å². The largest absolute Gasteiger partial charge is 0.388 e. The van der Waals surface area contributed by atoms with Crippen LogP contribution in [0, 0.1) is 6.92 Å². The number of nitrogens with zero attached hydrogens (tertiary/aromatic N) is 1. The lowest BCUT2D eigenvalue weighted by Gasteiger charge is -2.13. The van der Waals surface area contributed by atoms with E-state index in [4.69, 9.17) is 0 Å². The van der Waals surface area contributed by atoms with E-state index < -0.39 is 6.10 Å². The number of aromatic nitrogens is 1. The van der Waals surface area contributed by atoms with Gasteiger partial charge in [0.25, 0.3) is 0 Å². The molecule has 2 rings (SSSR count). The highest BCUT2D eigenvalue weighted by atomic mass is 79.9. The molecule has 0 saturated carbocycles. The molecular formula is C16H18BrNO. The first kappa shape index (κ1) is 14.2. The van der Waals surface area contributed by atoms with Crippen LogP contribution in [0.1, 0.15) is 35.4 Å². The molecule has 1 atom stereocenters. The monoisotopic (exact) mass is 319 g/mol. The maximum absolute atomic E-state index is 10.3. The topological polar surface area (TPSA) is 33.1 Å². The fourth-order valence-corrected chi connectivity index (χ4v) is 2.75. The van der Waals surface area contributed by atoms with Gasteiger partial charge in [-0.1, -0.05) is 41.1 Å². The van der Waals surface area contributed by atoms with Crippen molar-refractivity contribution >= 4 is 15.9 Å². The molecule has 1 aromatic carbocycles. The summed E-state index contributed by atoms with van der Waals surface area (Å²) >= 11 is 3.50. The quantitative estimate of drug-likeness (QED) is 0.924. The second-order valence-corrected chi connectivity index (χ2v) is 5.61. The smallest absolute Gasteiger partial charge is 0.0856 e. The van der Waals surface area contributed by atoms with E-state index in [1.54, 1.807) is 0 Å². The summed E-state index contributed by atoms with van der Waals surface area (Å²) in [6.45, 7) is 4.14. The number of benzene rings is 1. The molecule has 0 aliphatic carbocycles. The third-order valence-electron chi connectivity index (χ3n) is 3.21. The number of hydrogen-bond donors (Lipinski definition) is 1. The van der Waals surface area contributed by atoms with Crippen LogP contribution in [-0.2, 0) is 12.8 Å². The van der Waals surface area contributed by atoms with Gasteiger partial charge in [0.2, 0.25) is 0 Å². The Labute approximate surface area is 122 Å². The molecular weight excluding hydrogens is 302 g/mol. The van der Waals surface area contributed by atoms with E-state index in [-0.39, 0.29) is 0 Å². The van der Waals surface area contributed by atoms with Crippen LogP contribution in [0.3, 0.4) is 0 Å². The highest BCUT2D eigenvalue weighted by Gasteiger charge is 2.12. The predicted octanol–water partition coefficient (Wildman–Crippen LogP) is 3.99. The predicted molar refractivity (Wildman–Crippen MR) is 81.2 cm³/mol. The van der Waals surface area contributed by atoms with Gasteiger partial charge in [-0.3, -0.25) is 4.98 Å². The van der Waals surface area contributed by atoms with Crippen LogP contribution >= 0.6 is 15.9 Å². The summed E-state index contributed by atoms with van der Waals surface area (Å²) in [5.74, 6) is 0. The second kappa shape index (κ2) is 6.31. The van der Waals surface area contributed by atoms with E-state index >= 15 is 0 Å². The summed E-state index contributed by atoms with van der Waals surface area (Å²) in [7, 11) is 0. The highest BCUT2D eigenvalue weighted by molar-refractivity contribution is 9.10. The molecule has 0 saturated heterocycles. The zero-order valence-electron chi connectivity index (χ0n) is 11.2. The summed E-state index contributed by atoms with van der Waals surface area (Å²) in [6, 6.07) is 10.1. The molecule has 3 heteroatoms. The molecule has 2 nitrogen and oxygen atoms in total. The zero-order chi connectivity index (χ0) is 13.8. The van der Waals surface area contributed by atoms with Crippen LogP contribution in [0.15, 0.2) is 41.0 Å². The summed E-state index contributed by atoms with van der Waals surface area (Å²) in [6.07, 6.45) is 2.87. The Balaban J connectivity index is 2.13. The van der Waals surface area contributed by atoms with Gasteiger partial charge in [-0.05, 0) is 42.2 Å². The third-order valence-corrected chi connectivity index (χ3v) is 3.90. The first-order valence-electron chi connectivity index (χ1n) is 6.48. The minimum Gasteiger partial charge on any atom is -0.388 e. The van der Waals surface area contributed by atoms with Gasteiger partial charge in [0, 0.05) is 22.8 Å². The van der Waals surface area contributed by atoms with Crippen molar-refractivity contribution < 1.29 is 5.11 Å². The summed E-state index contributed by atoms with van der Waals surface area (Å²) in [4.78, 5) is 4.39. The van der Waals surface area contributed by atoms with Crippen LogP contribution in [0.4, 0.5) is 0 Å². The average molecular weight is 320 g/mol. The number of rotatable bonds is 4. The molecule has 0 spiro atoms. The Morgan fingerprint density at radius 1 is 1.26 bits per heavy atom. The number of hydrogen-bond acceptors (Lipinski definition) is 2. The highest BCUT2D eigenvalue weighted by Crippen LogP contribution is 2.26. The Bertz CT molecular complexity index is 551. The Kier molecular flexibility index (Phi) is 4.72. The van der Waals surface area contributed by atoms with Crippen molar-refractivity contribution in [1.82, 2.24) is 4.98 Å². The Hall–Kier alpha value is -1.19. The van der Waals surface area contributed by atoms with Crippen molar-refractivity contribution in [3.63, 3.8) is 0 Å². The lowest BCUT2D eigenvalue weighted by atomic mass is 10.0. The van der Waals surface area contributed by atoms with Gasteiger partial charge in [0.05, 0.1) is 6.10 Å². The average Bonchev–Trinajstić information content (AvgIpc) is 2.39. The van der Waals surface area contributed by atoms with E-state index in [1.165, 1.54) is 11.1 Å². The van der Waals surface area contributed by atoms with Crippen LogP contribution in [0.5, 0.6) is 0 Å². The fraction of sp³-hybridized carbons (Fsp3) is 0.312. The minimum atomic E-state index is -0.532. The number of pyridine rings is 1. The van der Waals surface area contributed by atoms with Gasteiger partial charge >= 0.3 is 0 Å². The van der Waals surface area contributed by atoms with Gasteiger partial charge in [-0.25, -0.2) is 0 Å². The van der Waals surface area contributed by atoms with Crippen LogP contribution in [-0.4, -0.2) is 10.1 Å². The number of halogens is 1. The van der Waals surface area contributed by atoms with E-state index in [9.17, 15) is 5.11 Å². The lowest BCUT2D eigenvalue weighted by molar-refractivity contribution is 0.176. The first-order valence-corrected chi connectivity index (χ1v) is 7.27. The summed E-state index contributed by atoms with van der Waals surface area (Å²) < 4.78 is 0.949. The van der Waals surface area contributed by atoms with Gasteiger partial charge in [-0.15, -0.1) is 0 Å². The number of aryl methyl sites for hydroxylation is 2. The molecule has 100 valence electrons. The minimum absolute atomic E-state index is 0.532. The van der Waals surface area contributed by atoms with Gasteiger partial charge in [-0.2, -0.15) is 0 Å². The van der Waals surface area contributed by atoms with E-state index in [2.05, 4.69) is 33.9 Å². The third kappa shape index (κ3) is 3.64. The van der Waals surface area contributed by atoms with Crippen molar-refractivity contribution in [2.24, 2.45) is 0 Å². The van der Waals surface area contributed by atoms with Crippen molar-refractivity contribution in [2.75, 3.05) is 0 Å². The standard InChI is InChI=1S/C16H18BrNO/c1-3-12-5-6-13(18-10-12)9-16(19)14-7-4-11(2)8-15(14)17/h4-8,10,16,19H,3,9H2,1-2H3. The van der Waals surface area contributed by atoms with Crippen molar-refractivity contribution in [3.8, 4) is 0 Å². The lowest BCUT2D eigenvalue weighted by Crippen LogP contribution is -2.04. The molecule has 0 aliphatic heterocycles. The molecule has 0 fully saturated rings. The van der Waals surface area contributed by atoms with Crippen LogP contribution in [0.2, 0.25) is 0 Å². The molecule has 1 heterocycles. The fourth-order valence-electron chi connectivity index (χ4n) is 2.00. The molecule has 0 bridgehead atoms. The molecule has 1 unspecified atom stereocenters. The van der Waals surface area contributed by atoms with E-state index in [0.717, 1.165) is 22.2 Å². The summed E-state index contributed by atoms with van der Waals surface area (Å²) in [5.41, 5.74) is 4.21. The van der Waals surface area contributed by atoms with Crippen molar-refractivity contribution in [1.29, 1.82) is 0 Å². The van der Waals surface area contributed by atoms with Crippen LogP contribution < -0.4 is 0 Å². The molecule has 19 heavy (non-hydrogen) atoms. The molecule has 1 aromatic heterocycles. The molecule has 0 aliphatic rings. The maximum Gasteiger partial charge on any atom is 0.0856 e. The molecule has 0 radical (unpaired) electrons. The first-order chi connectivity index (χ1) is 9.10. The van der Waals surface area contributed by atoms with E-state index in [1.807, 2.05) is 37.4 Å². The molecule has 1 N–H and O–H groups in total. The van der Waals surface area contributed by atoms with Gasteiger partial charge in [0.1, 0.15) is 0 Å². The number of aliphatic hydroxyl groups excluding tert-OH is 1. The Morgan fingerprint density at radius 3 is 2.63 bits per heavy atom. The SMILES string of the molecule is CCc1ccc(CC(O)c2ccc(C)cc2Br)nc1. The summed E-state index contributed by atoms with van der Waals surface area (Å²) in [5, 5.41) is 10.3.